The maximum Gasteiger partial charge on any atom is 0.233 e. The highest BCUT2D eigenvalue weighted by Crippen LogP contribution is 2.41. The van der Waals surface area contributed by atoms with E-state index in [1.54, 1.807) is 0 Å². The fraction of sp³-hybridized carbons (Fsp3) is 0.500. The van der Waals surface area contributed by atoms with Crippen molar-refractivity contribution in [2.45, 2.75) is 19.3 Å². The van der Waals surface area contributed by atoms with Crippen LogP contribution in [0, 0.1) is 5.41 Å². The van der Waals surface area contributed by atoms with E-state index in [-0.39, 0.29) is 5.91 Å². The van der Waals surface area contributed by atoms with Crippen LogP contribution in [0.15, 0.2) is 15.4 Å². The molecular weight excluding hydrogens is 352 g/mol. The monoisotopic (exact) mass is 362 g/mol. The van der Waals surface area contributed by atoms with Gasteiger partial charge in [0.2, 0.25) is 5.91 Å². The van der Waals surface area contributed by atoms with Gasteiger partial charge < -0.3 is 11.1 Å². The molecule has 2 rings (SSSR count). The molecule has 5 nitrogen and oxygen atoms in total. The molecule has 0 aromatic carbocycles. The van der Waals surface area contributed by atoms with Crippen molar-refractivity contribution in [3.8, 4) is 0 Å². The van der Waals surface area contributed by atoms with E-state index in [1.807, 2.05) is 0 Å². The Morgan fingerprint density at radius 2 is 2.24 bits per heavy atom. The molecule has 92 valence electrons. The number of nitrogens with zero attached hydrogens (tertiary/aromatic N) is 2. The van der Waals surface area contributed by atoms with Crippen molar-refractivity contribution in [3.05, 3.63) is 15.4 Å². The van der Waals surface area contributed by atoms with Gasteiger partial charge in [-0.15, -0.1) is 0 Å². The lowest BCUT2D eigenvalue weighted by atomic mass is 9.68. The molecule has 1 aromatic rings. The number of aromatic nitrogens is 2. The average molecular weight is 364 g/mol. The molecule has 0 aliphatic heterocycles. The number of amides is 1. The predicted octanol–water partition coefficient (Wildman–Crippen LogP) is 2.07. The van der Waals surface area contributed by atoms with Crippen LogP contribution in [0.2, 0.25) is 0 Å². The first-order valence-electron chi connectivity index (χ1n) is 5.27. The summed E-state index contributed by atoms with van der Waals surface area (Å²) in [6, 6.07) is 0. The standard InChI is InChI=1S/C10H12Br2N4O/c11-6-4-14-8(7(12)15-6)16-9(17)10(5-13)2-1-3-10/h4H,1-3,5,13H2,(H,14,16,17). The SMILES string of the molecule is NCC1(C(=O)Nc2ncc(Br)nc2Br)CCC1. The normalized spacial score (nSPS) is 17.4. The summed E-state index contributed by atoms with van der Waals surface area (Å²) in [6.07, 6.45) is 4.28. The Morgan fingerprint density at radius 3 is 2.71 bits per heavy atom. The molecule has 0 spiro atoms. The molecule has 1 amide bonds. The average Bonchev–Trinajstić information content (AvgIpc) is 2.21. The van der Waals surface area contributed by atoms with Crippen molar-refractivity contribution in [1.82, 2.24) is 9.97 Å². The second kappa shape index (κ2) is 4.99. The second-order valence-electron chi connectivity index (χ2n) is 4.12. The summed E-state index contributed by atoms with van der Waals surface area (Å²) in [5.41, 5.74) is 5.26. The van der Waals surface area contributed by atoms with Gasteiger partial charge in [0.1, 0.15) is 9.21 Å². The van der Waals surface area contributed by atoms with Crippen LogP contribution in [0.4, 0.5) is 5.82 Å². The number of halogens is 2. The van der Waals surface area contributed by atoms with Crippen molar-refractivity contribution in [2.24, 2.45) is 11.1 Å². The number of carbonyl (C=O) groups is 1. The lowest BCUT2D eigenvalue weighted by Gasteiger charge is -2.38. The third kappa shape index (κ3) is 2.51. The minimum Gasteiger partial charge on any atom is -0.329 e. The van der Waals surface area contributed by atoms with Gasteiger partial charge in [-0.3, -0.25) is 4.79 Å². The molecule has 1 aromatic heterocycles. The Kier molecular flexibility index (Phi) is 3.79. The van der Waals surface area contributed by atoms with Gasteiger partial charge in [-0.2, -0.15) is 0 Å². The first kappa shape index (κ1) is 12.9. The lowest BCUT2D eigenvalue weighted by molar-refractivity contribution is -0.129. The summed E-state index contributed by atoms with van der Waals surface area (Å²) in [5, 5.41) is 2.77. The van der Waals surface area contributed by atoms with Crippen LogP contribution >= 0.6 is 31.9 Å². The third-order valence-electron chi connectivity index (χ3n) is 3.12. The number of hydrogen-bond acceptors (Lipinski definition) is 4. The van der Waals surface area contributed by atoms with Crippen LogP contribution < -0.4 is 11.1 Å². The molecule has 1 saturated carbocycles. The molecule has 1 aliphatic carbocycles. The molecule has 0 radical (unpaired) electrons. The number of nitrogens with two attached hydrogens (primary N) is 1. The maximum absolute atomic E-state index is 12.1. The van der Waals surface area contributed by atoms with Crippen molar-refractivity contribution < 1.29 is 4.79 Å². The molecule has 1 fully saturated rings. The summed E-state index contributed by atoms with van der Waals surface area (Å²) in [5.74, 6) is 0.362. The quantitative estimate of drug-likeness (QED) is 0.861. The topological polar surface area (TPSA) is 80.9 Å². The Bertz CT molecular complexity index is 442. The summed E-state index contributed by atoms with van der Waals surface area (Å²) >= 11 is 6.46. The zero-order valence-corrected chi connectivity index (χ0v) is 12.2. The summed E-state index contributed by atoms with van der Waals surface area (Å²) in [7, 11) is 0. The number of carbonyl (C=O) groups excluding carboxylic acids is 1. The molecule has 17 heavy (non-hydrogen) atoms. The second-order valence-corrected chi connectivity index (χ2v) is 5.69. The van der Waals surface area contributed by atoms with Gasteiger partial charge in [0.05, 0.1) is 11.6 Å². The molecule has 3 N–H and O–H groups in total. The fourth-order valence-electron chi connectivity index (χ4n) is 1.80. The highest BCUT2D eigenvalue weighted by molar-refractivity contribution is 9.11. The van der Waals surface area contributed by atoms with Crippen LogP contribution in [0.25, 0.3) is 0 Å². The first-order chi connectivity index (χ1) is 8.07. The van der Waals surface area contributed by atoms with E-state index in [0.29, 0.717) is 21.6 Å². The van der Waals surface area contributed by atoms with Gasteiger partial charge in [-0.1, -0.05) is 6.42 Å². The number of rotatable bonds is 3. The van der Waals surface area contributed by atoms with Gasteiger partial charge in [-0.25, -0.2) is 9.97 Å². The molecular formula is C10H12Br2N4O. The van der Waals surface area contributed by atoms with E-state index >= 15 is 0 Å². The minimum atomic E-state index is -0.409. The van der Waals surface area contributed by atoms with Crippen LogP contribution in [-0.4, -0.2) is 22.4 Å². The number of nitrogens with one attached hydrogen (secondary N) is 1. The maximum atomic E-state index is 12.1. The minimum absolute atomic E-state index is 0.0661. The van der Waals surface area contributed by atoms with Gasteiger partial charge >= 0.3 is 0 Å². The predicted molar refractivity (Wildman–Crippen MR) is 71.4 cm³/mol. The highest BCUT2D eigenvalue weighted by Gasteiger charge is 2.43. The van der Waals surface area contributed by atoms with Gasteiger partial charge in [0.15, 0.2) is 5.82 Å². The fourth-order valence-corrected chi connectivity index (χ4v) is 2.71. The van der Waals surface area contributed by atoms with E-state index in [2.05, 4.69) is 47.1 Å². The van der Waals surface area contributed by atoms with Crippen LogP contribution in [0.1, 0.15) is 19.3 Å². The van der Waals surface area contributed by atoms with Crippen LogP contribution in [-0.2, 0) is 4.79 Å². The number of hydrogen-bond donors (Lipinski definition) is 2. The zero-order valence-electron chi connectivity index (χ0n) is 9.04. The Hall–Kier alpha value is -0.530. The Morgan fingerprint density at radius 1 is 1.53 bits per heavy atom. The lowest BCUT2D eigenvalue weighted by Crippen LogP contribution is -2.47. The zero-order chi connectivity index (χ0) is 12.5. The molecule has 1 aliphatic rings. The molecule has 0 bridgehead atoms. The third-order valence-corrected chi connectivity index (χ3v) is 4.05. The largest absolute Gasteiger partial charge is 0.329 e. The van der Waals surface area contributed by atoms with Crippen molar-refractivity contribution in [3.63, 3.8) is 0 Å². The molecule has 0 unspecified atom stereocenters. The first-order valence-corrected chi connectivity index (χ1v) is 6.85. The van der Waals surface area contributed by atoms with E-state index in [0.717, 1.165) is 19.3 Å². The smallest absolute Gasteiger partial charge is 0.233 e. The summed E-state index contributed by atoms with van der Waals surface area (Å²) in [6.45, 7) is 0.375. The van der Waals surface area contributed by atoms with E-state index < -0.39 is 5.41 Å². The van der Waals surface area contributed by atoms with Crippen molar-refractivity contribution in [2.75, 3.05) is 11.9 Å². The molecule has 7 heteroatoms. The van der Waals surface area contributed by atoms with Gasteiger partial charge in [0, 0.05) is 6.54 Å². The van der Waals surface area contributed by atoms with Gasteiger partial charge in [0.25, 0.3) is 0 Å². The van der Waals surface area contributed by atoms with E-state index in [4.69, 9.17) is 5.73 Å². The van der Waals surface area contributed by atoms with Crippen molar-refractivity contribution in [1.29, 1.82) is 0 Å². The summed E-state index contributed by atoms with van der Waals surface area (Å²) < 4.78 is 1.12. The molecule has 0 saturated heterocycles. The Labute approximate surface area is 116 Å². The molecule has 0 atom stereocenters. The van der Waals surface area contributed by atoms with E-state index in [9.17, 15) is 4.79 Å². The Balaban J connectivity index is 2.13. The van der Waals surface area contributed by atoms with Gasteiger partial charge in [-0.05, 0) is 44.7 Å². The van der Waals surface area contributed by atoms with Crippen LogP contribution in [0.3, 0.4) is 0 Å². The van der Waals surface area contributed by atoms with Crippen LogP contribution in [0.5, 0.6) is 0 Å². The molecule has 1 heterocycles. The summed E-state index contributed by atoms with van der Waals surface area (Å²) in [4.78, 5) is 20.3. The van der Waals surface area contributed by atoms with Crippen molar-refractivity contribution >= 4 is 43.6 Å². The highest BCUT2D eigenvalue weighted by atomic mass is 79.9. The number of anilines is 1. The van der Waals surface area contributed by atoms with E-state index in [1.165, 1.54) is 6.20 Å².